The van der Waals surface area contributed by atoms with E-state index in [1.54, 1.807) is 18.2 Å². The number of rotatable bonds is 4. The minimum atomic E-state index is -0.312. The van der Waals surface area contributed by atoms with E-state index in [0.717, 1.165) is 22.0 Å². The molecule has 0 spiro atoms. The summed E-state index contributed by atoms with van der Waals surface area (Å²) >= 11 is 11.1. The molecule has 0 saturated heterocycles. The molecule has 7 heteroatoms. The molecule has 28 heavy (non-hydrogen) atoms. The molecule has 142 valence electrons. The molecule has 0 unspecified atom stereocenters. The Kier molecular flexibility index (Phi) is 6.23. The summed E-state index contributed by atoms with van der Waals surface area (Å²) in [6.07, 6.45) is 0. The van der Waals surface area contributed by atoms with Crippen molar-refractivity contribution in [3.8, 4) is 11.3 Å². The molecule has 1 aromatic heterocycles. The zero-order valence-corrected chi connectivity index (χ0v) is 16.8. The van der Waals surface area contributed by atoms with Crippen molar-refractivity contribution < 1.29 is 4.79 Å². The zero-order chi connectivity index (χ0) is 20.1. The lowest BCUT2D eigenvalue weighted by atomic mass is 10.0. The van der Waals surface area contributed by atoms with Gasteiger partial charge in [-0.15, -0.1) is 0 Å². The third-order valence-corrected chi connectivity index (χ3v) is 4.44. The predicted octanol–water partition coefficient (Wildman–Crippen LogP) is 4.24. The van der Waals surface area contributed by atoms with Gasteiger partial charge >= 0.3 is 0 Å². The Hall–Kier alpha value is -2.96. The third-order valence-electron chi connectivity index (χ3n) is 3.94. The molecule has 3 rings (SSSR count). The molecule has 0 fully saturated rings. The van der Waals surface area contributed by atoms with Crippen LogP contribution in [0.3, 0.4) is 0 Å². The van der Waals surface area contributed by atoms with E-state index in [0.29, 0.717) is 27.9 Å². The van der Waals surface area contributed by atoms with Crippen molar-refractivity contribution in [2.24, 2.45) is 0 Å². The number of hydrogen-bond donors (Lipinski definition) is 3. The van der Waals surface area contributed by atoms with Gasteiger partial charge in [0.25, 0.3) is 5.91 Å². The number of hydrazine groups is 1. The SMILES string of the molecule is C=C(C)CNC(=S)NNC(=O)c1cc(-c2ccc(Cl)cc2)nc2ccccc12. The molecular weight excluding hydrogens is 392 g/mol. The van der Waals surface area contributed by atoms with Crippen LogP contribution in [-0.4, -0.2) is 22.5 Å². The molecule has 0 bridgehead atoms. The van der Waals surface area contributed by atoms with Crippen molar-refractivity contribution in [2.45, 2.75) is 6.92 Å². The van der Waals surface area contributed by atoms with Crippen LogP contribution in [0.1, 0.15) is 17.3 Å². The van der Waals surface area contributed by atoms with Crippen molar-refractivity contribution in [1.29, 1.82) is 0 Å². The van der Waals surface area contributed by atoms with E-state index in [-0.39, 0.29) is 5.91 Å². The first-order valence-corrected chi connectivity index (χ1v) is 9.37. The number of aromatic nitrogens is 1. The van der Waals surface area contributed by atoms with Crippen LogP contribution >= 0.6 is 23.8 Å². The molecule has 0 aliphatic carbocycles. The summed E-state index contributed by atoms with van der Waals surface area (Å²) in [5, 5.41) is 4.65. The Morgan fingerprint density at radius 3 is 2.57 bits per heavy atom. The first-order valence-electron chi connectivity index (χ1n) is 8.58. The lowest BCUT2D eigenvalue weighted by Crippen LogP contribution is -2.47. The molecule has 1 heterocycles. The van der Waals surface area contributed by atoms with Crippen molar-refractivity contribution in [3.05, 3.63) is 77.3 Å². The van der Waals surface area contributed by atoms with Gasteiger partial charge in [-0.1, -0.05) is 54.1 Å². The molecule has 0 radical (unpaired) electrons. The number of amides is 1. The maximum atomic E-state index is 12.8. The highest BCUT2D eigenvalue weighted by Crippen LogP contribution is 2.25. The standard InChI is InChI=1S/C21H19ClN4OS/c1-13(2)12-23-21(28)26-25-20(27)17-11-19(14-7-9-15(22)10-8-14)24-18-6-4-3-5-16(17)18/h3-11H,1,12H2,2H3,(H,25,27)(H2,23,26,28). The highest BCUT2D eigenvalue weighted by molar-refractivity contribution is 7.80. The number of fused-ring (bicyclic) bond motifs is 1. The van der Waals surface area contributed by atoms with E-state index in [1.165, 1.54) is 0 Å². The van der Waals surface area contributed by atoms with E-state index in [9.17, 15) is 4.79 Å². The number of para-hydroxylation sites is 1. The summed E-state index contributed by atoms with van der Waals surface area (Å²) < 4.78 is 0. The van der Waals surface area contributed by atoms with E-state index < -0.39 is 0 Å². The largest absolute Gasteiger partial charge is 0.358 e. The van der Waals surface area contributed by atoms with Gasteiger partial charge < -0.3 is 5.32 Å². The minimum Gasteiger partial charge on any atom is -0.358 e. The van der Waals surface area contributed by atoms with E-state index in [1.807, 2.05) is 43.3 Å². The van der Waals surface area contributed by atoms with Crippen LogP contribution in [0.15, 0.2) is 66.7 Å². The number of halogens is 1. The second-order valence-corrected chi connectivity index (χ2v) is 7.14. The third kappa shape index (κ3) is 4.85. The average Bonchev–Trinajstić information content (AvgIpc) is 2.70. The number of carbonyl (C=O) groups is 1. The average molecular weight is 411 g/mol. The van der Waals surface area contributed by atoms with Crippen molar-refractivity contribution in [1.82, 2.24) is 21.2 Å². The van der Waals surface area contributed by atoms with Crippen LogP contribution in [0.25, 0.3) is 22.2 Å². The van der Waals surface area contributed by atoms with Gasteiger partial charge in [0.2, 0.25) is 0 Å². The zero-order valence-electron chi connectivity index (χ0n) is 15.3. The number of hydrogen-bond acceptors (Lipinski definition) is 3. The Balaban J connectivity index is 1.88. The number of carbonyl (C=O) groups excluding carboxylic acids is 1. The molecule has 5 nitrogen and oxygen atoms in total. The Morgan fingerprint density at radius 2 is 1.86 bits per heavy atom. The highest BCUT2D eigenvalue weighted by Gasteiger charge is 2.14. The molecule has 0 aliphatic rings. The summed E-state index contributed by atoms with van der Waals surface area (Å²) in [6, 6.07) is 16.6. The molecule has 2 aromatic carbocycles. The number of nitrogens with zero attached hydrogens (tertiary/aromatic N) is 1. The van der Waals surface area contributed by atoms with Gasteiger partial charge in [-0.3, -0.25) is 15.6 Å². The minimum absolute atomic E-state index is 0.312. The highest BCUT2D eigenvalue weighted by atomic mass is 35.5. The normalized spacial score (nSPS) is 10.4. The monoisotopic (exact) mass is 410 g/mol. The van der Waals surface area contributed by atoms with Crippen LogP contribution in [0.5, 0.6) is 0 Å². The maximum absolute atomic E-state index is 12.8. The first kappa shape index (κ1) is 19.8. The number of pyridine rings is 1. The van der Waals surface area contributed by atoms with E-state index >= 15 is 0 Å². The summed E-state index contributed by atoms with van der Waals surface area (Å²) in [6.45, 7) is 6.21. The second kappa shape index (κ2) is 8.82. The summed E-state index contributed by atoms with van der Waals surface area (Å²) in [7, 11) is 0. The topological polar surface area (TPSA) is 66.0 Å². The molecule has 1 amide bonds. The van der Waals surface area contributed by atoms with Gasteiger partial charge in [-0.2, -0.15) is 0 Å². The van der Waals surface area contributed by atoms with Crippen molar-refractivity contribution in [3.63, 3.8) is 0 Å². The molecule has 0 aliphatic heterocycles. The fourth-order valence-corrected chi connectivity index (χ4v) is 2.84. The number of benzene rings is 2. The lowest BCUT2D eigenvalue weighted by Gasteiger charge is -2.13. The van der Waals surface area contributed by atoms with Gasteiger partial charge in [0.05, 0.1) is 16.8 Å². The van der Waals surface area contributed by atoms with Gasteiger partial charge in [-0.05, 0) is 43.4 Å². The quantitative estimate of drug-likeness (QED) is 0.341. The number of thiocarbonyl (C=S) groups is 1. The second-order valence-electron chi connectivity index (χ2n) is 6.30. The fraction of sp³-hybridized carbons (Fsp3) is 0.0952. The smallest absolute Gasteiger partial charge is 0.270 e. The Labute approximate surface area is 173 Å². The van der Waals surface area contributed by atoms with Gasteiger partial charge in [-0.25, -0.2) is 4.98 Å². The lowest BCUT2D eigenvalue weighted by molar-refractivity contribution is 0.0945. The van der Waals surface area contributed by atoms with Gasteiger partial charge in [0.1, 0.15) is 0 Å². The fourth-order valence-electron chi connectivity index (χ4n) is 2.59. The number of nitrogens with one attached hydrogen (secondary N) is 3. The molecular formula is C21H19ClN4OS. The Morgan fingerprint density at radius 1 is 1.14 bits per heavy atom. The molecule has 0 atom stereocenters. The summed E-state index contributed by atoms with van der Waals surface area (Å²) in [4.78, 5) is 17.5. The Bertz CT molecular complexity index is 1050. The van der Waals surface area contributed by atoms with Gasteiger partial charge in [0.15, 0.2) is 5.11 Å². The molecule has 3 N–H and O–H groups in total. The van der Waals surface area contributed by atoms with Crippen LogP contribution in [0, 0.1) is 0 Å². The van der Waals surface area contributed by atoms with E-state index in [4.69, 9.17) is 23.8 Å². The molecule has 3 aromatic rings. The first-order chi connectivity index (χ1) is 13.4. The predicted molar refractivity (Wildman–Crippen MR) is 118 cm³/mol. The summed E-state index contributed by atoms with van der Waals surface area (Å²) in [5.74, 6) is -0.312. The summed E-state index contributed by atoms with van der Waals surface area (Å²) in [5.41, 5.74) is 9.05. The maximum Gasteiger partial charge on any atom is 0.270 e. The van der Waals surface area contributed by atoms with Crippen LogP contribution in [0.2, 0.25) is 5.02 Å². The van der Waals surface area contributed by atoms with Gasteiger partial charge in [0, 0.05) is 22.5 Å². The van der Waals surface area contributed by atoms with Crippen molar-refractivity contribution >= 4 is 45.7 Å². The molecule has 0 saturated carbocycles. The van der Waals surface area contributed by atoms with Crippen LogP contribution in [0.4, 0.5) is 0 Å². The van der Waals surface area contributed by atoms with Crippen molar-refractivity contribution in [2.75, 3.05) is 6.54 Å². The van der Waals surface area contributed by atoms with E-state index in [2.05, 4.69) is 27.7 Å². The van der Waals surface area contributed by atoms with Crippen LogP contribution in [-0.2, 0) is 0 Å². The van der Waals surface area contributed by atoms with Crippen LogP contribution < -0.4 is 16.2 Å².